The molecule has 0 unspecified atom stereocenters. The van der Waals surface area contributed by atoms with Crippen molar-refractivity contribution in [1.29, 1.82) is 0 Å². The number of nitrogens with one attached hydrogen (secondary N) is 1. The van der Waals surface area contributed by atoms with E-state index >= 15 is 0 Å². The molecule has 0 aromatic carbocycles. The van der Waals surface area contributed by atoms with Gasteiger partial charge < -0.3 is 5.32 Å². The van der Waals surface area contributed by atoms with Gasteiger partial charge in [-0.25, -0.2) is 0 Å². The third-order valence-electron chi connectivity index (χ3n) is 4.27. The Morgan fingerprint density at radius 1 is 1.44 bits per heavy atom. The summed E-state index contributed by atoms with van der Waals surface area (Å²) in [5, 5.41) is 10.4. The highest BCUT2D eigenvalue weighted by Gasteiger charge is 2.41. The van der Waals surface area contributed by atoms with Gasteiger partial charge in [0.25, 0.3) is 0 Å². The second-order valence-electron chi connectivity index (χ2n) is 6.13. The minimum atomic E-state index is -4.56. The zero-order chi connectivity index (χ0) is 18.4. The summed E-state index contributed by atoms with van der Waals surface area (Å²) in [5.74, 6) is -0.375. The van der Waals surface area contributed by atoms with Crippen LogP contribution in [-0.2, 0) is 31.1 Å². The summed E-state index contributed by atoms with van der Waals surface area (Å²) in [6.45, 7) is 1.89. The van der Waals surface area contributed by atoms with E-state index in [9.17, 15) is 18.0 Å². The second kappa shape index (κ2) is 6.47. The molecule has 1 fully saturated rings. The molecule has 25 heavy (non-hydrogen) atoms. The van der Waals surface area contributed by atoms with Gasteiger partial charge in [0.2, 0.25) is 5.91 Å². The SMILES string of the molecule is Cc1c(CNC(=O)Cn2nc(C(F)(F)F)c(Br)c2C2CC2)cnn1C. The van der Waals surface area contributed by atoms with E-state index in [-0.39, 0.29) is 23.5 Å². The van der Waals surface area contributed by atoms with Crippen LogP contribution in [0.15, 0.2) is 10.7 Å². The first kappa shape index (κ1) is 18.0. The predicted molar refractivity (Wildman–Crippen MR) is 86.7 cm³/mol. The quantitative estimate of drug-likeness (QED) is 0.809. The Labute approximate surface area is 150 Å². The Morgan fingerprint density at radius 3 is 2.64 bits per heavy atom. The van der Waals surface area contributed by atoms with E-state index in [1.807, 2.05) is 6.92 Å². The van der Waals surface area contributed by atoms with Crippen LogP contribution in [0.1, 0.15) is 41.4 Å². The Bertz CT molecular complexity index is 807. The molecule has 10 heteroatoms. The number of hydrogen-bond donors (Lipinski definition) is 1. The fraction of sp³-hybridized carbons (Fsp3) is 0.533. The minimum absolute atomic E-state index is 0.0198. The van der Waals surface area contributed by atoms with Gasteiger partial charge in [0.15, 0.2) is 5.69 Å². The first-order chi connectivity index (χ1) is 11.7. The lowest BCUT2D eigenvalue weighted by Gasteiger charge is -2.08. The molecule has 1 amide bonds. The van der Waals surface area contributed by atoms with Crippen LogP contribution in [0.25, 0.3) is 0 Å². The maximum absolute atomic E-state index is 13.1. The molecule has 1 saturated carbocycles. The smallest absolute Gasteiger partial charge is 0.350 e. The van der Waals surface area contributed by atoms with Crippen molar-refractivity contribution >= 4 is 21.8 Å². The van der Waals surface area contributed by atoms with Gasteiger partial charge in [0, 0.05) is 30.8 Å². The summed E-state index contributed by atoms with van der Waals surface area (Å²) >= 11 is 3.01. The monoisotopic (exact) mass is 419 g/mol. The van der Waals surface area contributed by atoms with E-state index < -0.39 is 17.8 Å². The average Bonchev–Trinajstić information content (AvgIpc) is 3.22. The maximum atomic E-state index is 13.1. The lowest BCUT2D eigenvalue weighted by Crippen LogP contribution is -2.28. The van der Waals surface area contributed by atoms with Crippen molar-refractivity contribution in [3.05, 3.63) is 33.3 Å². The predicted octanol–water partition coefficient (Wildman–Crippen LogP) is 2.90. The average molecular weight is 420 g/mol. The van der Waals surface area contributed by atoms with Gasteiger partial charge in [-0.2, -0.15) is 23.4 Å². The zero-order valence-corrected chi connectivity index (χ0v) is 15.3. The number of nitrogens with zero attached hydrogens (tertiary/aromatic N) is 4. The van der Waals surface area contributed by atoms with Gasteiger partial charge in [0.1, 0.15) is 6.54 Å². The maximum Gasteiger partial charge on any atom is 0.436 e. The van der Waals surface area contributed by atoms with Crippen molar-refractivity contribution in [2.45, 2.75) is 44.9 Å². The van der Waals surface area contributed by atoms with Gasteiger partial charge >= 0.3 is 6.18 Å². The van der Waals surface area contributed by atoms with Crippen LogP contribution < -0.4 is 5.32 Å². The fourth-order valence-corrected chi connectivity index (χ4v) is 3.44. The molecule has 0 spiro atoms. The van der Waals surface area contributed by atoms with Crippen molar-refractivity contribution in [2.24, 2.45) is 7.05 Å². The van der Waals surface area contributed by atoms with Crippen LogP contribution in [0.5, 0.6) is 0 Å². The van der Waals surface area contributed by atoms with E-state index in [2.05, 4.69) is 31.4 Å². The number of carbonyl (C=O) groups excluding carboxylic acids is 1. The largest absolute Gasteiger partial charge is 0.436 e. The van der Waals surface area contributed by atoms with Crippen LogP contribution in [0.2, 0.25) is 0 Å². The number of amides is 1. The first-order valence-electron chi connectivity index (χ1n) is 7.76. The van der Waals surface area contributed by atoms with Crippen molar-refractivity contribution in [3.63, 3.8) is 0 Å². The number of aryl methyl sites for hydroxylation is 1. The second-order valence-corrected chi connectivity index (χ2v) is 6.93. The van der Waals surface area contributed by atoms with Crippen LogP contribution in [0.4, 0.5) is 13.2 Å². The number of halogens is 4. The first-order valence-corrected chi connectivity index (χ1v) is 8.55. The van der Waals surface area contributed by atoms with Gasteiger partial charge in [0.05, 0.1) is 16.4 Å². The van der Waals surface area contributed by atoms with Gasteiger partial charge in [-0.15, -0.1) is 0 Å². The topological polar surface area (TPSA) is 64.7 Å². The highest BCUT2D eigenvalue weighted by Crippen LogP contribution is 2.46. The molecule has 2 heterocycles. The number of rotatable bonds is 5. The summed E-state index contributed by atoms with van der Waals surface area (Å²) in [5.41, 5.74) is 1.24. The summed E-state index contributed by atoms with van der Waals surface area (Å²) < 4.78 is 42.0. The molecule has 1 aliphatic carbocycles. The lowest BCUT2D eigenvalue weighted by atomic mass is 10.2. The van der Waals surface area contributed by atoms with E-state index in [0.717, 1.165) is 28.8 Å². The van der Waals surface area contributed by atoms with E-state index in [1.54, 1.807) is 17.9 Å². The Morgan fingerprint density at radius 2 is 2.12 bits per heavy atom. The molecule has 2 aromatic rings. The fourth-order valence-electron chi connectivity index (χ4n) is 2.60. The highest BCUT2D eigenvalue weighted by molar-refractivity contribution is 9.10. The number of carbonyl (C=O) groups is 1. The summed E-state index contributed by atoms with van der Waals surface area (Å²) in [6, 6.07) is 0. The number of hydrogen-bond acceptors (Lipinski definition) is 3. The van der Waals surface area contributed by atoms with Crippen molar-refractivity contribution in [3.8, 4) is 0 Å². The molecule has 0 saturated heterocycles. The zero-order valence-electron chi connectivity index (χ0n) is 13.7. The molecule has 0 aliphatic heterocycles. The molecule has 1 aliphatic rings. The summed E-state index contributed by atoms with van der Waals surface area (Å²) in [7, 11) is 1.79. The third-order valence-corrected chi connectivity index (χ3v) is 5.05. The summed E-state index contributed by atoms with van der Waals surface area (Å²) in [6.07, 6.45) is -1.30. The molecule has 0 radical (unpaired) electrons. The van der Waals surface area contributed by atoms with Crippen LogP contribution in [0.3, 0.4) is 0 Å². The molecular weight excluding hydrogens is 403 g/mol. The number of alkyl halides is 3. The van der Waals surface area contributed by atoms with Crippen LogP contribution in [-0.4, -0.2) is 25.5 Å². The standard InChI is InChI=1S/C15H17BrF3N5O/c1-8-10(6-21-23(8)2)5-20-11(25)7-24-13(9-3-4-9)12(16)14(22-24)15(17,18)19/h6,9H,3-5,7H2,1-2H3,(H,20,25). The normalized spacial score (nSPS) is 14.8. The number of aromatic nitrogens is 4. The molecule has 2 aromatic heterocycles. The van der Waals surface area contributed by atoms with E-state index in [1.165, 1.54) is 0 Å². The Kier molecular flexibility index (Phi) is 4.65. The molecule has 1 N–H and O–H groups in total. The van der Waals surface area contributed by atoms with Crippen molar-refractivity contribution in [1.82, 2.24) is 24.9 Å². The van der Waals surface area contributed by atoms with Crippen LogP contribution in [0, 0.1) is 6.92 Å². The minimum Gasteiger partial charge on any atom is -0.350 e. The van der Waals surface area contributed by atoms with Crippen LogP contribution >= 0.6 is 15.9 Å². The Balaban J connectivity index is 1.73. The Hall–Kier alpha value is -1.84. The van der Waals surface area contributed by atoms with Gasteiger partial charge in [-0.05, 0) is 35.7 Å². The van der Waals surface area contributed by atoms with Gasteiger partial charge in [-0.3, -0.25) is 14.2 Å². The molecular formula is C15H17BrF3N5O. The van der Waals surface area contributed by atoms with Crippen molar-refractivity contribution in [2.75, 3.05) is 0 Å². The molecule has 0 atom stereocenters. The van der Waals surface area contributed by atoms with Crippen molar-refractivity contribution < 1.29 is 18.0 Å². The molecule has 3 rings (SSSR count). The summed E-state index contributed by atoms with van der Waals surface area (Å²) in [4.78, 5) is 12.2. The molecule has 6 nitrogen and oxygen atoms in total. The molecule has 0 bridgehead atoms. The van der Waals surface area contributed by atoms with E-state index in [0.29, 0.717) is 5.69 Å². The van der Waals surface area contributed by atoms with E-state index in [4.69, 9.17) is 0 Å². The lowest BCUT2D eigenvalue weighted by molar-refractivity contribution is -0.142. The highest BCUT2D eigenvalue weighted by atomic mass is 79.9. The molecule has 136 valence electrons. The third kappa shape index (κ3) is 3.73. The van der Waals surface area contributed by atoms with Gasteiger partial charge in [-0.1, -0.05) is 0 Å².